The first-order valence-electron chi connectivity index (χ1n) is 12.5. The molecule has 0 aliphatic heterocycles. The van der Waals surface area contributed by atoms with E-state index >= 15 is 0 Å². The number of aromatic amines is 1. The van der Waals surface area contributed by atoms with Crippen LogP contribution in [0.2, 0.25) is 0 Å². The van der Waals surface area contributed by atoms with E-state index in [0.29, 0.717) is 6.42 Å². The number of H-pyrrole nitrogens is 1. The van der Waals surface area contributed by atoms with E-state index in [1.54, 1.807) is 13.1 Å². The predicted octanol–water partition coefficient (Wildman–Crippen LogP) is 5.83. The van der Waals surface area contributed by atoms with E-state index in [2.05, 4.69) is 58.4 Å². The summed E-state index contributed by atoms with van der Waals surface area (Å²) in [6.45, 7) is 12.3. The van der Waals surface area contributed by atoms with Crippen molar-refractivity contribution in [2.75, 3.05) is 24.2 Å². The summed E-state index contributed by atoms with van der Waals surface area (Å²) in [5.41, 5.74) is 7.17. The third kappa shape index (κ3) is 5.11. The molecule has 2 aromatic carbocycles. The van der Waals surface area contributed by atoms with Crippen LogP contribution in [0.4, 0.5) is 11.4 Å². The van der Waals surface area contributed by atoms with Crippen molar-refractivity contribution in [1.82, 2.24) is 4.98 Å². The van der Waals surface area contributed by atoms with E-state index in [0.717, 1.165) is 69.8 Å². The first kappa shape index (κ1) is 25.7. The Balaban J connectivity index is 1.45. The summed E-state index contributed by atoms with van der Waals surface area (Å²) in [6, 6.07) is 12.3. The molecule has 3 aromatic rings. The molecule has 1 saturated carbocycles. The molecule has 190 valence electrons. The number of aliphatic hydroxyl groups is 2. The van der Waals surface area contributed by atoms with Crippen LogP contribution < -0.4 is 10.6 Å². The minimum atomic E-state index is -0.898. The lowest BCUT2D eigenvalue weighted by Crippen LogP contribution is -2.30. The second kappa shape index (κ2) is 9.96. The molecule has 0 radical (unpaired) electrons. The van der Waals surface area contributed by atoms with E-state index in [-0.39, 0.29) is 0 Å². The summed E-state index contributed by atoms with van der Waals surface area (Å²) in [5, 5.41) is 29.3. The summed E-state index contributed by atoms with van der Waals surface area (Å²) in [4.78, 5) is 7.71. The van der Waals surface area contributed by atoms with Crippen LogP contribution in [0.25, 0.3) is 10.9 Å². The number of hydrogen-bond acceptors (Lipinski definition) is 5. The van der Waals surface area contributed by atoms with Gasteiger partial charge in [-0.2, -0.15) is 0 Å². The molecule has 1 aliphatic carbocycles. The Kier molecular flexibility index (Phi) is 7.12. The van der Waals surface area contributed by atoms with Gasteiger partial charge in [-0.15, -0.1) is 0 Å². The molecule has 0 bridgehead atoms. The Bertz CT molecular complexity index is 1340. The molecule has 1 aliphatic rings. The maximum atomic E-state index is 10.6. The molecule has 0 saturated heterocycles. The average molecular weight is 487 g/mol. The second-order valence-electron chi connectivity index (χ2n) is 10.4. The largest absolute Gasteiger partial charge is 0.386 e. The van der Waals surface area contributed by atoms with Gasteiger partial charge in [0.1, 0.15) is 5.60 Å². The molecule has 0 amide bonds. The Morgan fingerprint density at radius 2 is 2.06 bits per heavy atom. The summed E-state index contributed by atoms with van der Waals surface area (Å²) in [5.74, 6) is 0. The molecular formula is C30H38N4O2. The highest BCUT2D eigenvalue weighted by Crippen LogP contribution is 2.34. The number of hydrogen-bond donors (Lipinski definition) is 5. The monoisotopic (exact) mass is 486 g/mol. The van der Waals surface area contributed by atoms with Gasteiger partial charge in [-0.3, -0.25) is 4.99 Å². The number of aliphatic imine (C=N–C) groups is 1. The first-order valence-corrected chi connectivity index (χ1v) is 12.5. The Morgan fingerprint density at radius 1 is 1.28 bits per heavy atom. The minimum absolute atomic E-state index is 0.658. The van der Waals surface area contributed by atoms with Gasteiger partial charge in [0, 0.05) is 47.8 Å². The quantitative estimate of drug-likeness (QED) is 0.277. The van der Waals surface area contributed by atoms with Gasteiger partial charge >= 0.3 is 0 Å². The van der Waals surface area contributed by atoms with Crippen LogP contribution in [-0.4, -0.2) is 40.1 Å². The van der Waals surface area contributed by atoms with Gasteiger partial charge in [0.15, 0.2) is 0 Å². The van der Waals surface area contributed by atoms with Gasteiger partial charge in [-0.1, -0.05) is 24.8 Å². The van der Waals surface area contributed by atoms with E-state index in [1.165, 1.54) is 5.56 Å². The summed E-state index contributed by atoms with van der Waals surface area (Å²) < 4.78 is 0. The predicted molar refractivity (Wildman–Crippen MR) is 151 cm³/mol. The van der Waals surface area contributed by atoms with Gasteiger partial charge in [0.2, 0.25) is 0 Å². The lowest BCUT2D eigenvalue weighted by molar-refractivity contribution is 0.0800. The number of fused-ring (bicyclic) bond motifs is 1. The van der Waals surface area contributed by atoms with Gasteiger partial charge in [-0.25, -0.2) is 0 Å². The van der Waals surface area contributed by atoms with Crippen molar-refractivity contribution in [2.24, 2.45) is 4.99 Å². The molecule has 1 fully saturated rings. The number of rotatable bonds is 8. The van der Waals surface area contributed by atoms with Crippen LogP contribution >= 0.6 is 0 Å². The second-order valence-corrected chi connectivity index (χ2v) is 10.4. The summed E-state index contributed by atoms with van der Waals surface area (Å²) in [6.07, 6.45) is 6.12. The van der Waals surface area contributed by atoms with Crippen molar-refractivity contribution in [3.8, 4) is 0 Å². The van der Waals surface area contributed by atoms with Crippen molar-refractivity contribution in [1.29, 1.82) is 0 Å². The molecule has 1 unspecified atom stereocenters. The SMILES string of the molecule is C=C/C(Nc1ccc(NCCc2c[nH]c3c(C(C)(C)O)cccc23)c(C)c1)=C1/CCC(C)(O)/C1=N/C. The van der Waals surface area contributed by atoms with E-state index in [1.807, 2.05) is 39.1 Å². The molecule has 0 spiro atoms. The zero-order valence-electron chi connectivity index (χ0n) is 22.0. The zero-order valence-corrected chi connectivity index (χ0v) is 22.0. The third-order valence-electron chi connectivity index (χ3n) is 7.09. The standard InChI is InChI=1S/C30H38N4O2/c1-7-25(23-13-15-30(5,36)28(23)31-6)34-21-11-12-26(19(2)17-21)32-16-14-20-18-33-27-22(20)9-8-10-24(27)29(3,4)35/h7-12,17-18,32-36H,1,13-16H2,2-6H3/b25-23+,31-28+. The molecular weight excluding hydrogens is 448 g/mol. The maximum absolute atomic E-state index is 10.6. The highest BCUT2D eigenvalue weighted by molar-refractivity contribution is 6.09. The summed E-state index contributed by atoms with van der Waals surface area (Å²) >= 11 is 0. The normalized spacial score (nSPS) is 20.7. The number of allylic oxidation sites excluding steroid dienone is 1. The first-order chi connectivity index (χ1) is 17.0. The van der Waals surface area contributed by atoms with Gasteiger partial charge < -0.3 is 25.8 Å². The number of aryl methyl sites for hydroxylation is 1. The minimum Gasteiger partial charge on any atom is -0.386 e. The highest BCUT2D eigenvalue weighted by atomic mass is 16.3. The topological polar surface area (TPSA) is 92.7 Å². The number of benzene rings is 2. The lowest BCUT2D eigenvalue weighted by Gasteiger charge is -2.19. The van der Waals surface area contributed by atoms with Gasteiger partial charge in [-0.05, 0) is 87.9 Å². The number of anilines is 2. The maximum Gasteiger partial charge on any atom is 0.104 e. The van der Waals surface area contributed by atoms with E-state index < -0.39 is 11.2 Å². The van der Waals surface area contributed by atoms with Gasteiger partial charge in [0.25, 0.3) is 0 Å². The molecule has 36 heavy (non-hydrogen) atoms. The van der Waals surface area contributed by atoms with Crippen LogP contribution in [-0.2, 0) is 12.0 Å². The Hall–Kier alpha value is -3.35. The number of nitrogens with one attached hydrogen (secondary N) is 3. The van der Waals surface area contributed by atoms with Crippen molar-refractivity contribution >= 4 is 28.0 Å². The van der Waals surface area contributed by atoms with Crippen LogP contribution in [0.15, 0.2) is 71.5 Å². The van der Waals surface area contributed by atoms with Crippen molar-refractivity contribution in [3.05, 3.63) is 83.2 Å². The van der Waals surface area contributed by atoms with Crippen molar-refractivity contribution in [3.63, 3.8) is 0 Å². The molecule has 6 nitrogen and oxygen atoms in total. The zero-order chi connectivity index (χ0) is 26.1. The Labute approximate surface area is 213 Å². The summed E-state index contributed by atoms with van der Waals surface area (Å²) in [7, 11) is 1.73. The van der Waals surface area contributed by atoms with Gasteiger partial charge in [0.05, 0.1) is 16.8 Å². The van der Waals surface area contributed by atoms with Crippen LogP contribution in [0.5, 0.6) is 0 Å². The third-order valence-corrected chi connectivity index (χ3v) is 7.09. The lowest BCUT2D eigenvalue weighted by atomic mass is 9.95. The molecule has 5 N–H and O–H groups in total. The molecule has 1 atom stereocenters. The number of nitrogens with zero attached hydrogens (tertiary/aromatic N) is 1. The average Bonchev–Trinajstić information content (AvgIpc) is 3.37. The fraction of sp³-hybridized carbons (Fsp3) is 0.367. The van der Waals surface area contributed by atoms with Crippen molar-refractivity contribution in [2.45, 2.75) is 58.2 Å². The number of aromatic nitrogens is 1. The fourth-order valence-electron chi connectivity index (χ4n) is 5.17. The Morgan fingerprint density at radius 3 is 2.72 bits per heavy atom. The molecule has 1 aromatic heterocycles. The van der Waals surface area contributed by atoms with Crippen LogP contribution in [0.3, 0.4) is 0 Å². The van der Waals surface area contributed by atoms with E-state index in [4.69, 9.17) is 0 Å². The van der Waals surface area contributed by atoms with Crippen molar-refractivity contribution < 1.29 is 10.2 Å². The van der Waals surface area contributed by atoms with Crippen LogP contribution in [0.1, 0.15) is 50.3 Å². The molecule has 6 heteroatoms. The molecule has 4 rings (SSSR count). The number of para-hydroxylation sites is 1. The van der Waals surface area contributed by atoms with E-state index in [9.17, 15) is 10.2 Å². The smallest absolute Gasteiger partial charge is 0.104 e. The fourth-order valence-corrected chi connectivity index (χ4v) is 5.17. The van der Waals surface area contributed by atoms with Crippen LogP contribution in [0, 0.1) is 6.92 Å². The molecule has 1 heterocycles. The highest BCUT2D eigenvalue weighted by Gasteiger charge is 2.37.